The highest BCUT2D eigenvalue weighted by molar-refractivity contribution is 7.99. The number of nitrogens with zero attached hydrogens (tertiary/aromatic N) is 3. The summed E-state index contributed by atoms with van der Waals surface area (Å²) in [5.74, 6) is 0.810. The van der Waals surface area contributed by atoms with Gasteiger partial charge in [0.05, 0.1) is 6.33 Å². The number of rotatable bonds is 4. The minimum atomic E-state index is 0.178. The Labute approximate surface area is 98.5 Å². The lowest BCUT2D eigenvalue weighted by molar-refractivity contribution is 0.750. The summed E-state index contributed by atoms with van der Waals surface area (Å²) in [5.41, 5.74) is 1.55. The number of imidazole rings is 1. The lowest BCUT2D eigenvalue weighted by Gasteiger charge is -2.22. The van der Waals surface area contributed by atoms with Crippen molar-refractivity contribution in [2.45, 2.75) is 18.6 Å². The summed E-state index contributed by atoms with van der Waals surface area (Å²) >= 11 is 1.82. The summed E-state index contributed by atoms with van der Waals surface area (Å²) in [5, 5.41) is 3.32. The largest absolute Gasteiger partial charge is 0.367 e. The van der Waals surface area contributed by atoms with Gasteiger partial charge in [-0.25, -0.2) is 15.0 Å². The highest BCUT2D eigenvalue weighted by Crippen LogP contribution is 2.22. The van der Waals surface area contributed by atoms with Crippen molar-refractivity contribution >= 4 is 28.7 Å². The molecule has 0 atom stereocenters. The van der Waals surface area contributed by atoms with Crippen LogP contribution in [0.1, 0.15) is 13.8 Å². The second kappa shape index (κ2) is 4.29. The molecule has 2 N–H and O–H groups in total. The maximum atomic E-state index is 4.21. The quantitative estimate of drug-likeness (QED) is 0.850. The van der Waals surface area contributed by atoms with E-state index < -0.39 is 0 Å². The van der Waals surface area contributed by atoms with E-state index in [1.54, 1.807) is 6.33 Å². The fraction of sp³-hybridized carbons (Fsp3) is 0.500. The molecule has 0 bridgehead atoms. The van der Waals surface area contributed by atoms with Crippen LogP contribution >= 0.6 is 11.8 Å². The first kappa shape index (κ1) is 11.2. The van der Waals surface area contributed by atoms with Crippen LogP contribution < -0.4 is 5.32 Å². The maximum absolute atomic E-state index is 4.21. The Balaban J connectivity index is 2.18. The van der Waals surface area contributed by atoms with Gasteiger partial charge < -0.3 is 10.3 Å². The number of nitrogens with one attached hydrogen (secondary N) is 2. The lowest BCUT2D eigenvalue weighted by atomic mass is 10.2. The van der Waals surface area contributed by atoms with Gasteiger partial charge >= 0.3 is 0 Å². The highest BCUT2D eigenvalue weighted by atomic mass is 32.2. The number of anilines is 1. The Bertz CT molecular complexity index is 479. The van der Waals surface area contributed by atoms with Crippen LogP contribution in [0.15, 0.2) is 12.7 Å². The molecule has 0 aliphatic heterocycles. The Hall–Kier alpha value is -1.30. The van der Waals surface area contributed by atoms with E-state index in [4.69, 9.17) is 0 Å². The summed E-state index contributed by atoms with van der Waals surface area (Å²) in [6.45, 7) is 5.23. The van der Waals surface area contributed by atoms with Gasteiger partial charge in [-0.3, -0.25) is 0 Å². The second-order valence-corrected chi connectivity index (χ2v) is 5.65. The topological polar surface area (TPSA) is 66.5 Å². The first-order valence-electron chi connectivity index (χ1n) is 5.05. The van der Waals surface area contributed by atoms with Gasteiger partial charge in [0.2, 0.25) is 0 Å². The van der Waals surface area contributed by atoms with Crippen LogP contribution in [0.4, 0.5) is 5.82 Å². The van der Waals surface area contributed by atoms with Gasteiger partial charge in [0.25, 0.3) is 0 Å². The van der Waals surface area contributed by atoms with Crippen LogP contribution in [0.2, 0.25) is 0 Å². The standard InChI is InChI=1S/C10H15N5S/c1-10(2,16-3)4-11-8-7-9(13-5-12-7)15-6-14-8/h5-6H,4H2,1-3H3,(H2,11,12,13,14,15). The van der Waals surface area contributed by atoms with Crippen molar-refractivity contribution in [1.29, 1.82) is 0 Å². The van der Waals surface area contributed by atoms with Crippen LogP contribution in [-0.4, -0.2) is 37.5 Å². The Morgan fingerprint density at radius 1 is 1.38 bits per heavy atom. The number of aromatic nitrogens is 4. The molecule has 0 unspecified atom stereocenters. The maximum Gasteiger partial charge on any atom is 0.182 e. The third kappa shape index (κ3) is 2.27. The normalized spacial score (nSPS) is 11.9. The molecule has 5 nitrogen and oxygen atoms in total. The highest BCUT2D eigenvalue weighted by Gasteiger charge is 2.16. The second-order valence-electron chi connectivity index (χ2n) is 4.14. The summed E-state index contributed by atoms with van der Waals surface area (Å²) in [6, 6.07) is 0. The SMILES string of the molecule is CSC(C)(C)CNc1ncnc2nc[nH]c12. The smallest absolute Gasteiger partial charge is 0.182 e. The number of thioether (sulfide) groups is 1. The van der Waals surface area contributed by atoms with Crippen molar-refractivity contribution in [3.05, 3.63) is 12.7 Å². The number of hydrogen-bond donors (Lipinski definition) is 2. The number of aromatic amines is 1. The van der Waals surface area contributed by atoms with E-state index in [-0.39, 0.29) is 4.75 Å². The van der Waals surface area contributed by atoms with Crippen LogP contribution in [0.3, 0.4) is 0 Å². The zero-order valence-electron chi connectivity index (χ0n) is 9.61. The van der Waals surface area contributed by atoms with Crippen molar-refractivity contribution in [2.24, 2.45) is 0 Å². The Morgan fingerprint density at radius 2 is 2.19 bits per heavy atom. The number of fused-ring (bicyclic) bond motifs is 1. The van der Waals surface area contributed by atoms with Crippen molar-refractivity contribution in [3.8, 4) is 0 Å². The molecule has 2 aromatic heterocycles. The van der Waals surface area contributed by atoms with E-state index >= 15 is 0 Å². The van der Waals surface area contributed by atoms with E-state index in [1.807, 2.05) is 11.8 Å². The molecular weight excluding hydrogens is 222 g/mol. The minimum Gasteiger partial charge on any atom is -0.367 e. The number of H-pyrrole nitrogens is 1. The fourth-order valence-electron chi connectivity index (χ4n) is 1.27. The average molecular weight is 237 g/mol. The van der Waals surface area contributed by atoms with Crippen LogP contribution in [-0.2, 0) is 0 Å². The first-order valence-corrected chi connectivity index (χ1v) is 6.28. The third-order valence-electron chi connectivity index (χ3n) is 2.46. The molecule has 16 heavy (non-hydrogen) atoms. The zero-order valence-corrected chi connectivity index (χ0v) is 10.4. The molecule has 0 aliphatic carbocycles. The van der Waals surface area contributed by atoms with Gasteiger partial charge in [-0.15, -0.1) is 0 Å². The molecule has 0 aliphatic rings. The third-order valence-corrected chi connectivity index (χ3v) is 3.71. The summed E-state index contributed by atoms with van der Waals surface area (Å²) < 4.78 is 0.178. The van der Waals surface area contributed by atoms with Gasteiger partial charge in [0.15, 0.2) is 11.5 Å². The zero-order chi connectivity index (χ0) is 11.6. The predicted molar refractivity (Wildman–Crippen MR) is 67.8 cm³/mol. The van der Waals surface area contributed by atoms with E-state index in [0.29, 0.717) is 5.65 Å². The molecule has 0 fully saturated rings. The molecule has 86 valence electrons. The summed E-state index contributed by atoms with van der Waals surface area (Å²) in [4.78, 5) is 15.4. The lowest BCUT2D eigenvalue weighted by Crippen LogP contribution is -2.26. The first-order chi connectivity index (χ1) is 7.62. The van der Waals surface area contributed by atoms with Gasteiger partial charge in [-0.1, -0.05) is 0 Å². The van der Waals surface area contributed by atoms with E-state index in [1.165, 1.54) is 6.33 Å². The van der Waals surface area contributed by atoms with Crippen LogP contribution in [0, 0.1) is 0 Å². The number of hydrogen-bond acceptors (Lipinski definition) is 5. The van der Waals surface area contributed by atoms with Gasteiger partial charge in [0, 0.05) is 11.3 Å². The molecule has 2 heterocycles. The molecule has 0 amide bonds. The predicted octanol–water partition coefficient (Wildman–Crippen LogP) is 1.91. The van der Waals surface area contributed by atoms with Crippen LogP contribution in [0.25, 0.3) is 11.2 Å². The Kier molecular flexibility index (Phi) is 3.00. The van der Waals surface area contributed by atoms with E-state index in [0.717, 1.165) is 17.9 Å². The van der Waals surface area contributed by atoms with Crippen molar-refractivity contribution < 1.29 is 0 Å². The monoisotopic (exact) mass is 237 g/mol. The van der Waals surface area contributed by atoms with Crippen molar-refractivity contribution in [3.63, 3.8) is 0 Å². The van der Waals surface area contributed by atoms with Crippen molar-refractivity contribution in [2.75, 3.05) is 18.1 Å². The van der Waals surface area contributed by atoms with Gasteiger partial charge in [-0.05, 0) is 20.1 Å². The van der Waals surface area contributed by atoms with Crippen molar-refractivity contribution in [1.82, 2.24) is 19.9 Å². The summed E-state index contributed by atoms with van der Waals surface area (Å²) in [7, 11) is 0. The van der Waals surface area contributed by atoms with Gasteiger partial charge in [-0.2, -0.15) is 11.8 Å². The fourth-order valence-corrected chi connectivity index (χ4v) is 1.48. The Morgan fingerprint density at radius 3 is 2.94 bits per heavy atom. The molecule has 0 radical (unpaired) electrons. The average Bonchev–Trinajstić information content (AvgIpc) is 2.75. The molecule has 0 spiro atoms. The molecule has 2 rings (SSSR count). The molecule has 0 aromatic carbocycles. The molecule has 0 saturated carbocycles. The van der Waals surface area contributed by atoms with Gasteiger partial charge in [0.1, 0.15) is 11.8 Å². The molecule has 6 heteroatoms. The van der Waals surface area contributed by atoms with Crippen LogP contribution in [0.5, 0.6) is 0 Å². The molecule has 0 saturated heterocycles. The minimum absolute atomic E-state index is 0.178. The summed E-state index contributed by atoms with van der Waals surface area (Å²) in [6.07, 6.45) is 5.26. The molecular formula is C10H15N5S. The van der Waals surface area contributed by atoms with E-state index in [2.05, 4.69) is 45.4 Å². The molecule has 2 aromatic rings. The van der Waals surface area contributed by atoms with E-state index in [9.17, 15) is 0 Å².